The summed E-state index contributed by atoms with van der Waals surface area (Å²) in [5.74, 6) is -0.317. The maximum absolute atomic E-state index is 12.9. The Balaban J connectivity index is 2.19. The zero-order valence-electron chi connectivity index (χ0n) is 42.4. The molecule has 0 aromatic heterocycles. The summed E-state index contributed by atoms with van der Waals surface area (Å²) in [6, 6.07) is 0. The first kappa shape index (κ1) is 61.9. The molecule has 0 aliphatic carbocycles. The van der Waals surface area contributed by atoms with Crippen molar-refractivity contribution in [2.45, 2.75) is 269 Å². The lowest BCUT2D eigenvalue weighted by atomic mass is 9.99. The van der Waals surface area contributed by atoms with Gasteiger partial charge in [0.25, 0.3) is 0 Å². The maximum atomic E-state index is 12.9. The Kier molecular flexibility index (Phi) is 45.0. The number of rotatable bonds is 47. The number of ether oxygens (including phenoxy) is 4. The SMILES string of the molecule is CC/C=C\C/C=C\C/C=C\C/C=C\CCCCCCCCCCCOCC(COC1OC(CO)C(O)C(O)C1O)OC(=O)CCCCCCCCCCC/C=C\CCCCCCCCCC. The Bertz CT molecular complexity index is 1200. The first-order valence-corrected chi connectivity index (χ1v) is 27.4. The highest BCUT2D eigenvalue weighted by molar-refractivity contribution is 5.69. The number of unbranched alkanes of at least 4 members (excludes halogenated alkanes) is 26. The van der Waals surface area contributed by atoms with E-state index in [-0.39, 0.29) is 19.2 Å². The Labute approximate surface area is 405 Å². The van der Waals surface area contributed by atoms with Crippen molar-refractivity contribution in [3.8, 4) is 0 Å². The molecular formula is C57H102O9. The third-order valence-corrected chi connectivity index (χ3v) is 12.4. The summed E-state index contributed by atoms with van der Waals surface area (Å²) >= 11 is 0. The fraction of sp³-hybridized carbons (Fsp3) is 0.807. The lowest BCUT2D eigenvalue weighted by Crippen LogP contribution is -2.59. The van der Waals surface area contributed by atoms with Crippen LogP contribution in [0.15, 0.2) is 60.8 Å². The number of carbonyl (C=O) groups is 1. The monoisotopic (exact) mass is 931 g/mol. The number of hydrogen-bond acceptors (Lipinski definition) is 9. The highest BCUT2D eigenvalue weighted by Gasteiger charge is 2.44. The van der Waals surface area contributed by atoms with Crippen LogP contribution in [0.25, 0.3) is 0 Å². The fourth-order valence-corrected chi connectivity index (χ4v) is 8.19. The predicted octanol–water partition coefficient (Wildman–Crippen LogP) is 13.8. The predicted molar refractivity (Wildman–Crippen MR) is 274 cm³/mol. The Hall–Kier alpha value is -2.11. The van der Waals surface area contributed by atoms with Gasteiger partial charge in [-0.2, -0.15) is 0 Å². The van der Waals surface area contributed by atoms with Crippen LogP contribution in [0.1, 0.15) is 232 Å². The van der Waals surface area contributed by atoms with Gasteiger partial charge in [-0.1, -0.05) is 209 Å². The van der Waals surface area contributed by atoms with E-state index in [0.717, 1.165) is 64.2 Å². The molecule has 1 aliphatic heterocycles. The third kappa shape index (κ3) is 37.8. The molecule has 384 valence electrons. The van der Waals surface area contributed by atoms with Crippen LogP contribution < -0.4 is 0 Å². The van der Waals surface area contributed by atoms with Crippen LogP contribution in [0.4, 0.5) is 0 Å². The van der Waals surface area contributed by atoms with Gasteiger partial charge in [0.1, 0.15) is 30.5 Å². The van der Waals surface area contributed by atoms with E-state index >= 15 is 0 Å². The van der Waals surface area contributed by atoms with Crippen LogP contribution in [0.2, 0.25) is 0 Å². The van der Waals surface area contributed by atoms with E-state index in [1.165, 1.54) is 148 Å². The van der Waals surface area contributed by atoms with Gasteiger partial charge in [0, 0.05) is 13.0 Å². The molecule has 0 spiro atoms. The summed E-state index contributed by atoms with van der Waals surface area (Å²) < 4.78 is 22.9. The topological polar surface area (TPSA) is 135 Å². The minimum absolute atomic E-state index is 0.118. The van der Waals surface area contributed by atoms with Crippen molar-refractivity contribution in [1.29, 1.82) is 0 Å². The molecule has 1 aliphatic rings. The van der Waals surface area contributed by atoms with E-state index in [4.69, 9.17) is 18.9 Å². The summed E-state index contributed by atoms with van der Waals surface area (Å²) in [6.45, 7) is 4.45. The lowest BCUT2D eigenvalue weighted by Gasteiger charge is -2.39. The number of aliphatic hydroxyl groups excluding tert-OH is 4. The largest absolute Gasteiger partial charge is 0.457 e. The van der Waals surface area contributed by atoms with Gasteiger partial charge < -0.3 is 39.4 Å². The van der Waals surface area contributed by atoms with E-state index in [9.17, 15) is 25.2 Å². The molecule has 9 heteroatoms. The molecule has 9 nitrogen and oxygen atoms in total. The van der Waals surface area contributed by atoms with E-state index in [1.54, 1.807) is 0 Å². The standard InChI is InChI=1S/C57H102O9/c1-3-5-7-9-11-13-15-17-19-21-23-25-27-29-31-33-35-37-39-41-43-45-47-63-49-51(50-64-57-56(62)55(61)54(60)52(48-58)66-57)65-53(59)46-44-42-40-38-36-34-32-30-28-26-24-22-20-18-16-14-12-10-8-6-4-2/h5,7,11,13,17,19,22-25,51-52,54-58,60-62H,3-4,6,8-10,12,14-16,18,20-21,26-50H2,1-2H3/b7-5-,13-11-,19-17-,24-22-,25-23-. The number of hydrogen-bond donors (Lipinski definition) is 4. The van der Waals surface area contributed by atoms with Gasteiger partial charge in [0.2, 0.25) is 0 Å². The van der Waals surface area contributed by atoms with Gasteiger partial charge >= 0.3 is 5.97 Å². The molecule has 1 fully saturated rings. The molecule has 0 saturated carbocycles. The first-order valence-electron chi connectivity index (χ1n) is 27.4. The molecule has 0 bridgehead atoms. The van der Waals surface area contributed by atoms with Gasteiger partial charge in [0.05, 0.1) is 19.8 Å². The molecule has 6 atom stereocenters. The van der Waals surface area contributed by atoms with Crippen LogP contribution in [0.3, 0.4) is 0 Å². The van der Waals surface area contributed by atoms with Gasteiger partial charge in [0.15, 0.2) is 6.29 Å². The highest BCUT2D eigenvalue weighted by Crippen LogP contribution is 2.23. The lowest BCUT2D eigenvalue weighted by molar-refractivity contribution is -0.305. The van der Waals surface area contributed by atoms with Crippen LogP contribution in [0.5, 0.6) is 0 Å². The Morgan fingerprint density at radius 1 is 0.500 bits per heavy atom. The van der Waals surface area contributed by atoms with Gasteiger partial charge in [-0.3, -0.25) is 4.79 Å². The Morgan fingerprint density at radius 2 is 0.924 bits per heavy atom. The fourth-order valence-electron chi connectivity index (χ4n) is 8.19. The molecule has 4 N–H and O–H groups in total. The van der Waals surface area contributed by atoms with Crippen molar-refractivity contribution < 1.29 is 44.2 Å². The molecule has 1 heterocycles. The second-order valence-corrected chi connectivity index (χ2v) is 18.6. The molecule has 1 rings (SSSR count). The third-order valence-electron chi connectivity index (χ3n) is 12.4. The van der Waals surface area contributed by atoms with Gasteiger partial charge in [-0.05, 0) is 77.0 Å². The van der Waals surface area contributed by atoms with E-state index in [1.807, 2.05) is 0 Å². The second kappa shape index (κ2) is 47.9. The van der Waals surface area contributed by atoms with Crippen LogP contribution in [-0.2, 0) is 23.7 Å². The summed E-state index contributed by atoms with van der Waals surface area (Å²) in [7, 11) is 0. The Morgan fingerprint density at radius 3 is 1.41 bits per heavy atom. The number of allylic oxidation sites excluding steroid dienone is 10. The minimum Gasteiger partial charge on any atom is -0.457 e. The van der Waals surface area contributed by atoms with Crippen LogP contribution in [-0.4, -0.2) is 89.6 Å². The minimum atomic E-state index is -1.54. The average molecular weight is 931 g/mol. The first-order chi connectivity index (χ1) is 32.4. The van der Waals surface area contributed by atoms with Crippen molar-refractivity contribution in [2.75, 3.05) is 26.4 Å². The number of carbonyl (C=O) groups excluding carboxylic acids is 1. The maximum Gasteiger partial charge on any atom is 0.306 e. The van der Waals surface area contributed by atoms with Crippen LogP contribution >= 0.6 is 0 Å². The molecule has 1 saturated heterocycles. The van der Waals surface area contributed by atoms with Crippen LogP contribution in [0, 0.1) is 0 Å². The summed E-state index contributed by atoms with van der Waals surface area (Å²) in [5, 5.41) is 40.3. The van der Waals surface area contributed by atoms with Crippen molar-refractivity contribution in [1.82, 2.24) is 0 Å². The molecule has 0 radical (unpaired) electrons. The summed E-state index contributed by atoms with van der Waals surface area (Å²) in [6.07, 6.45) is 55.4. The average Bonchev–Trinajstić information content (AvgIpc) is 3.32. The quantitative estimate of drug-likeness (QED) is 0.0267. The smallest absolute Gasteiger partial charge is 0.306 e. The van der Waals surface area contributed by atoms with E-state index in [2.05, 4.69) is 74.6 Å². The zero-order chi connectivity index (χ0) is 47.8. The van der Waals surface area contributed by atoms with Crippen molar-refractivity contribution >= 4 is 5.97 Å². The van der Waals surface area contributed by atoms with Crippen molar-refractivity contribution in [3.63, 3.8) is 0 Å². The molecular weight excluding hydrogens is 829 g/mol. The molecule has 0 aromatic carbocycles. The van der Waals surface area contributed by atoms with Gasteiger partial charge in [-0.15, -0.1) is 0 Å². The van der Waals surface area contributed by atoms with E-state index < -0.39 is 43.4 Å². The molecule has 0 amide bonds. The summed E-state index contributed by atoms with van der Waals surface area (Å²) in [4.78, 5) is 12.9. The highest BCUT2D eigenvalue weighted by atomic mass is 16.7. The zero-order valence-corrected chi connectivity index (χ0v) is 42.4. The molecule has 66 heavy (non-hydrogen) atoms. The summed E-state index contributed by atoms with van der Waals surface area (Å²) in [5.41, 5.74) is 0. The molecule has 0 aromatic rings. The van der Waals surface area contributed by atoms with E-state index in [0.29, 0.717) is 13.0 Å². The number of esters is 1. The number of aliphatic hydroxyl groups is 4. The molecule has 6 unspecified atom stereocenters. The van der Waals surface area contributed by atoms with Crippen molar-refractivity contribution in [3.05, 3.63) is 60.8 Å². The van der Waals surface area contributed by atoms with Crippen molar-refractivity contribution in [2.24, 2.45) is 0 Å². The normalized spacial score (nSPS) is 19.8. The second-order valence-electron chi connectivity index (χ2n) is 18.6. The van der Waals surface area contributed by atoms with Gasteiger partial charge in [-0.25, -0.2) is 0 Å².